The molecule has 0 spiro atoms. The summed E-state index contributed by atoms with van der Waals surface area (Å²) >= 11 is 0. The number of hydrogen-bond donors (Lipinski definition) is 0. The van der Waals surface area contributed by atoms with Crippen LogP contribution in [0.3, 0.4) is 0 Å². The van der Waals surface area contributed by atoms with Crippen LogP contribution < -0.4 is 4.74 Å². The Bertz CT molecular complexity index is 911. The lowest BCUT2D eigenvalue weighted by Gasteiger charge is -2.26. The molecule has 3 aromatic carbocycles. The van der Waals surface area contributed by atoms with Gasteiger partial charge in [0, 0.05) is 11.0 Å². The van der Waals surface area contributed by atoms with Crippen LogP contribution in [-0.2, 0) is 10.2 Å². The molecular weight excluding hydrogens is 308 g/mol. The first-order valence-electron chi connectivity index (χ1n) is 8.54. The monoisotopic (exact) mass is 328 g/mol. The number of fused-ring (bicyclic) bond motifs is 1. The number of carbonyl (C=O) groups excluding carboxylic acids is 1. The maximum Gasteiger partial charge on any atom is 0.323 e. The van der Waals surface area contributed by atoms with E-state index in [0.29, 0.717) is 5.75 Å². The van der Waals surface area contributed by atoms with Crippen molar-refractivity contribution >= 4 is 5.97 Å². The molecule has 1 heterocycles. The number of ether oxygens (including phenoxy) is 1. The molecular formula is C23H20O2. The molecule has 0 saturated carbocycles. The third kappa shape index (κ3) is 2.64. The molecule has 1 aliphatic rings. The molecule has 0 fully saturated rings. The molecule has 2 heteroatoms. The summed E-state index contributed by atoms with van der Waals surface area (Å²) in [6.07, 6.45) is 0. The second-order valence-electron chi connectivity index (χ2n) is 7.01. The predicted molar refractivity (Wildman–Crippen MR) is 98.9 cm³/mol. The van der Waals surface area contributed by atoms with Crippen LogP contribution in [0, 0.1) is 0 Å². The summed E-state index contributed by atoms with van der Waals surface area (Å²) in [6, 6.07) is 26.4. The molecule has 25 heavy (non-hydrogen) atoms. The smallest absolute Gasteiger partial charge is 0.323 e. The normalized spacial score (nSPS) is 16.4. The Balaban J connectivity index is 1.80. The lowest BCUT2D eigenvalue weighted by atomic mass is 9.77. The van der Waals surface area contributed by atoms with E-state index in [1.165, 1.54) is 11.1 Å². The molecule has 0 amide bonds. The first kappa shape index (κ1) is 15.6. The van der Waals surface area contributed by atoms with Crippen molar-refractivity contribution < 1.29 is 9.53 Å². The molecule has 0 aromatic heterocycles. The van der Waals surface area contributed by atoms with Crippen LogP contribution in [-0.4, -0.2) is 5.97 Å². The average molecular weight is 328 g/mol. The molecule has 0 bridgehead atoms. The molecule has 1 aliphatic heterocycles. The van der Waals surface area contributed by atoms with Crippen molar-refractivity contribution in [3.8, 4) is 5.75 Å². The van der Waals surface area contributed by atoms with E-state index in [0.717, 1.165) is 11.1 Å². The molecule has 0 aliphatic carbocycles. The van der Waals surface area contributed by atoms with Crippen LogP contribution in [0.15, 0.2) is 78.9 Å². The fraction of sp³-hybridized carbons (Fsp3) is 0.174. The third-order valence-electron chi connectivity index (χ3n) is 5.12. The SMILES string of the molecule is CC(C)(c1ccccc1)c1ccc2c(c1)C(c1ccccc1)C(=O)O2. The third-order valence-corrected chi connectivity index (χ3v) is 5.12. The lowest BCUT2D eigenvalue weighted by Crippen LogP contribution is -2.19. The number of carbonyl (C=O) groups is 1. The highest BCUT2D eigenvalue weighted by molar-refractivity contribution is 5.89. The molecule has 0 N–H and O–H groups in total. The summed E-state index contributed by atoms with van der Waals surface area (Å²) in [4.78, 5) is 12.4. The zero-order chi connectivity index (χ0) is 17.4. The summed E-state index contributed by atoms with van der Waals surface area (Å²) < 4.78 is 5.51. The highest BCUT2D eigenvalue weighted by Gasteiger charge is 2.36. The van der Waals surface area contributed by atoms with E-state index in [1.54, 1.807) is 0 Å². The first-order chi connectivity index (χ1) is 12.1. The van der Waals surface area contributed by atoms with Gasteiger partial charge in [-0.1, -0.05) is 80.6 Å². The van der Waals surface area contributed by atoms with Gasteiger partial charge in [-0.15, -0.1) is 0 Å². The highest BCUT2D eigenvalue weighted by Crippen LogP contribution is 2.42. The predicted octanol–water partition coefficient (Wildman–Crippen LogP) is 5.06. The Morgan fingerprint density at radius 3 is 2.12 bits per heavy atom. The summed E-state index contributed by atoms with van der Waals surface area (Å²) in [6.45, 7) is 4.42. The van der Waals surface area contributed by atoms with Gasteiger partial charge in [-0.05, 0) is 28.8 Å². The van der Waals surface area contributed by atoms with E-state index in [1.807, 2.05) is 42.5 Å². The van der Waals surface area contributed by atoms with Crippen LogP contribution in [0.25, 0.3) is 0 Å². The van der Waals surface area contributed by atoms with Gasteiger partial charge >= 0.3 is 5.97 Å². The number of hydrogen-bond acceptors (Lipinski definition) is 2. The van der Waals surface area contributed by atoms with Crippen LogP contribution in [0.2, 0.25) is 0 Å². The minimum atomic E-state index is -0.345. The Morgan fingerprint density at radius 1 is 0.800 bits per heavy atom. The van der Waals surface area contributed by atoms with Crippen LogP contribution >= 0.6 is 0 Å². The van der Waals surface area contributed by atoms with E-state index in [2.05, 4.69) is 50.2 Å². The summed E-state index contributed by atoms with van der Waals surface area (Å²) in [5.41, 5.74) is 4.20. The second kappa shape index (κ2) is 5.89. The van der Waals surface area contributed by atoms with Gasteiger partial charge in [0.15, 0.2) is 0 Å². The molecule has 1 atom stereocenters. The van der Waals surface area contributed by atoms with Crippen LogP contribution in [0.4, 0.5) is 0 Å². The van der Waals surface area contributed by atoms with Crippen molar-refractivity contribution in [3.63, 3.8) is 0 Å². The van der Waals surface area contributed by atoms with Gasteiger partial charge in [-0.25, -0.2) is 0 Å². The van der Waals surface area contributed by atoms with Gasteiger partial charge in [0.2, 0.25) is 0 Å². The van der Waals surface area contributed by atoms with E-state index >= 15 is 0 Å². The van der Waals surface area contributed by atoms with Crippen molar-refractivity contribution in [2.75, 3.05) is 0 Å². The summed E-state index contributed by atoms with van der Waals surface area (Å²) in [5.74, 6) is 0.130. The molecule has 124 valence electrons. The van der Waals surface area contributed by atoms with Gasteiger partial charge < -0.3 is 4.74 Å². The largest absolute Gasteiger partial charge is 0.425 e. The van der Waals surface area contributed by atoms with Gasteiger partial charge in [0.25, 0.3) is 0 Å². The van der Waals surface area contributed by atoms with Gasteiger partial charge in [0.1, 0.15) is 11.7 Å². The average Bonchev–Trinajstić information content (AvgIpc) is 2.98. The van der Waals surface area contributed by atoms with Crippen molar-refractivity contribution in [2.45, 2.75) is 25.2 Å². The summed E-state index contributed by atoms with van der Waals surface area (Å²) in [5, 5.41) is 0. The minimum absolute atomic E-state index is 0.150. The molecule has 0 saturated heterocycles. The standard InChI is InChI=1S/C23H20O2/c1-23(2,17-11-7-4-8-12-17)18-13-14-20-19(15-18)21(22(24)25-20)16-9-5-3-6-10-16/h3-15,21H,1-2H3. The topological polar surface area (TPSA) is 26.3 Å². The number of rotatable bonds is 3. The molecule has 4 rings (SSSR count). The van der Waals surface area contributed by atoms with Gasteiger partial charge in [-0.2, -0.15) is 0 Å². The van der Waals surface area contributed by atoms with E-state index in [9.17, 15) is 4.79 Å². The van der Waals surface area contributed by atoms with E-state index in [-0.39, 0.29) is 17.3 Å². The zero-order valence-corrected chi connectivity index (χ0v) is 14.4. The fourth-order valence-electron chi connectivity index (χ4n) is 3.53. The van der Waals surface area contributed by atoms with Crippen molar-refractivity contribution in [2.24, 2.45) is 0 Å². The zero-order valence-electron chi connectivity index (χ0n) is 14.4. The first-order valence-corrected chi connectivity index (χ1v) is 8.54. The van der Waals surface area contributed by atoms with E-state index in [4.69, 9.17) is 4.74 Å². The molecule has 0 radical (unpaired) electrons. The number of benzene rings is 3. The Hall–Kier alpha value is -2.87. The maximum atomic E-state index is 12.4. The molecule has 2 nitrogen and oxygen atoms in total. The molecule has 3 aromatic rings. The van der Waals surface area contributed by atoms with E-state index < -0.39 is 0 Å². The summed E-state index contributed by atoms with van der Waals surface area (Å²) in [7, 11) is 0. The fourth-order valence-corrected chi connectivity index (χ4v) is 3.53. The Kier molecular flexibility index (Phi) is 3.69. The Labute approximate surface area is 148 Å². The van der Waals surface area contributed by atoms with Gasteiger partial charge in [0.05, 0.1) is 0 Å². The lowest BCUT2D eigenvalue weighted by molar-refractivity contribution is -0.133. The van der Waals surface area contributed by atoms with Gasteiger partial charge in [-0.3, -0.25) is 4.79 Å². The Morgan fingerprint density at radius 2 is 1.44 bits per heavy atom. The van der Waals surface area contributed by atoms with Crippen molar-refractivity contribution in [1.82, 2.24) is 0 Å². The quantitative estimate of drug-likeness (QED) is 0.496. The van der Waals surface area contributed by atoms with Crippen molar-refractivity contribution in [1.29, 1.82) is 0 Å². The maximum absolute atomic E-state index is 12.4. The highest BCUT2D eigenvalue weighted by atomic mass is 16.5. The number of esters is 1. The minimum Gasteiger partial charge on any atom is -0.425 e. The second-order valence-corrected chi connectivity index (χ2v) is 7.01. The van der Waals surface area contributed by atoms with Crippen LogP contribution in [0.1, 0.15) is 42.0 Å². The van der Waals surface area contributed by atoms with Crippen LogP contribution in [0.5, 0.6) is 5.75 Å². The molecule has 1 unspecified atom stereocenters. The van der Waals surface area contributed by atoms with Crippen molar-refractivity contribution in [3.05, 3.63) is 101 Å².